The Labute approximate surface area is 156 Å². The zero-order chi connectivity index (χ0) is 18.0. The Kier molecular flexibility index (Phi) is 4.93. The van der Waals surface area contributed by atoms with Crippen molar-refractivity contribution in [1.29, 1.82) is 0 Å². The van der Waals surface area contributed by atoms with Crippen molar-refractivity contribution in [3.8, 4) is 22.4 Å². The predicted octanol–water partition coefficient (Wildman–Crippen LogP) is 5.66. The molecule has 0 aliphatic carbocycles. The predicted molar refractivity (Wildman–Crippen MR) is 105 cm³/mol. The average molecular weight is 371 g/mol. The molecule has 3 rings (SSSR count). The molecule has 1 aromatic heterocycles. The van der Waals surface area contributed by atoms with E-state index in [2.05, 4.69) is 10.3 Å². The standard InChI is InChI=1S/C20H19ClN2OS/c1-20(2,3)23-18(24)19-22-17(12-25-19)14-8-6-7-13(11-14)15-9-4-5-10-16(15)21/h4-12H,1-3H3,(H,23,24). The van der Waals surface area contributed by atoms with Crippen molar-refractivity contribution in [3.05, 3.63) is 63.9 Å². The molecule has 25 heavy (non-hydrogen) atoms. The summed E-state index contributed by atoms with van der Waals surface area (Å²) in [5, 5.41) is 6.02. The summed E-state index contributed by atoms with van der Waals surface area (Å²) in [6, 6.07) is 15.8. The first-order valence-corrected chi connectivity index (χ1v) is 9.23. The van der Waals surface area contributed by atoms with Crippen LogP contribution in [-0.4, -0.2) is 16.4 Å². The molecule has 0 bridgehead atoms. The molecule has 0 fully saturated rings. The fourth-order valence-electron chi connectivity index (χ4n) is 2.45. The van der Waals surface area contributed by atoms with E-state index < -0.39 is 0 Å². The van der Waals surface area contributed by atoms with Gasteiger partial charge in [0.1, 0.15) is 0 Å². The van der Waals surface area contributed by atoms with Crippen molar-refractivity contribution in [3.63, 3.8) is 0 Å². The summed E-state index contributed by atoms with van der Waals surface area (Å²) < 4.78 is 0. The van der Waals surface area contributed by atoms with Crippen molar-refractivity contribution in [2.45, 2.75) is 26.3 Å². The SMILES string of the molecule is CC(C)(C)NC(=O)c1nc(-c2cccc(-c3ccccc3Cl)c2)cs1. The molecule has 1 N–H and O–H groups in total. The van der Waals surface area contributed by atoms with Gasteiger partial charge < -0.3 is 5.32 Å². The Morgan fingerprint density at radius 1 is 1.08 bits per heavy atom. The largest absolute Gasteiger partial charge is 0.345 e. The minimum absolute atomic E-state index is 0.147. The van der Waals surface area contributed by atoms with E-state index in [1.54, 1.807) is 0 Å². The highest BCUT2D eigenvalue weighted by Gasteiger charge is 2.18. The van der Waals surface area contributed by atoms with Gasteiger partial charge in [0.15, 0.2) is 5.01 Å². The molecule has 0 unspecified atom stereocenters. The van der Waals surface area contributed by atoms with Gasteiger partial charge in [-0.2, -0.15) is 0 Å². The van der Waals surface area contributed by atoms with Crippen molar-refractivity contribution in [1.82, 2.24) is 10.3 Å². The molecule has 0 radical (unpaired) electrons. The van der Waals surface area contributed by atoms with E-state index in [0.717, 1.165) is 22.4 Å². The number of nitrogens with one attached hydrogen (secondary N) is 1. The van der Waals surface area contributed by atoms with E-state index in [1.807, 2.05) is 74.7 Å². The first kappa shape index (κ1) is 17.6. The number of thiazole rings is 1. The van der Waals surface area contributed by atoms with E-state index in [1.165, 1.54) is 11.3 Å². The second-order valence-corrected chi connectivity index (χ2v) is 8.07. The lowest BCUT2D eigenvalue weighted by Gasteiger charge is -2.19. The Morgan fingerprint density at radius 3 is 2.52 bits per heavy atom. The van der Waals surface area contributed by atoms with Crippen LogP contribution in [0.3, 0.4) is 0 Å². The second-order valence-electron chi connectivity index (χ2n) is 6.80. The number of hydrogen-bond donors (Lipinski definition) is 1. The summed E-state index contributed by atoms with van der Waals surface area (Å²) in [6.07, 6.45) is 0. The molecule has 5 heteroatoms. The normalized spacial score (nSPS) is 11.4. The van der Waals surface area contributed by atoms with Crippen molar-refractivity contribution in [2.24, 2.45) is 0 Å². The van der Waals surface area contributed by atoms with Gasteiger partial charge in [-0.15, -0.1) is 11.3 Å². The van der Waals surface area contributed by atoms with E-state index in [4.69, 9.17) is 11.6 Å². The fourth-order valence-corrected chi connectivity index (χ4v) is 3.41. The van der Waals surface area contributed by atoms with Crippen LogP contribution in [0.1, 0.15) is 30.6 Å². The van der Waals surface area contributed by atoms with Crippen LogP contribution in [-0.2, 0) is 0 Å². The second kappa shape index (κ2) is 6.98. The lowest BCUT2D eigenvalue weighted by atomic mass is 10.0. The van der Waals surface area contributed by atoms with Gasteiger partial charge in [-0.05, 0) is 38.5 Å². The maximum absolute atomic E-state index is 12.3. The van der Waals surface area contributed by atoms with Gasteiger partial charge >= 0.3 is 0 Å². The molecule has 1 heterocycles. The topological polar surface area (TPSA) is 42.0 Å². The van der Waals surface area contributed by atoms with Crippen LogP contribution in [0.5, 0.6) is 0 Å². The summed E-state index contributed by atoms with van der Waals surface area (Å²) in [6.45, 7) is 5.85. The number of hydrogen-bond acceptors (Lipinski definition) is 3. The Bertz CT molecular complexity index is 912. The molecular formula is C20H19ClN2OS. The van der Waals surface area contributed by atoms with Crippen molar-refractivity contribution < 1.29 is 4.79 Å². The van der Waals surface area contributed by atoms with Crippen LogP contribution in [0.2, 0.25) is 5.02 Å². The molecule has 0 atom stereocenters. The van der Waals surface area contributed by atoms with E-state index in [-0.39, 0.29) is 11.4 Å². The highest BCUT2D eigenvalue weighted by Crippen LogP contribution is 2.31. The molecule has 3 nitrogen and oxygen atoms in total. The molecule has 0 spiro atoms. The third kappa shape index (κ3) is 4.27. The summed E-state index contributed by atoms with van der Waals surface area (Å²) in [7, 11) is 0. The number of rotatable bonds is 3. The van der Waals surface area contributed by atoms with Gasteiger partial charge in [-0.3, -0.25) is 4.79 Å². The van der Waals surface area contributed by atoms with Crippen LogP contribution in [0.15, 0.2) is 53.9 Å². The van der Waals surface area contributed by atoms with E-state index in [0.29, 0.717) is 10.0 Å². The molecule has 0 saturated carbocycles. The molecule has 1 amide bonds. The van der Waals surface area contributed by atoms with Crippen molar-refractivity contribution in [2.75, 3.05) is 0 Å². The smallest absolute Gasteiger partial charge is 0.280 e. The van der Waals surface area contributed by atoms with Gasteiger partial charge in [0.25, 0.3) is 5.91 Å². The van der Waals surface area contributed by atoms with Crippen molar-refractivity contribution >= 4 is 28.8 Å². The van der Waals surface area contributed by atoms with E-state index >= 15 is 0 Å². The molecule has 128 valence electrons. The minimum Gasteiger partial charge on any atom is -0.345 e. The van der Waals surface area contributed by atoms with Crippen LogP contribution < -0.4 is 5.32 Å². The molecule has 0 aliphatic heterocycles. The lowest BCUT2D eigenvalue weighted by molar-refractivity contribution is 0.0919. The quantitative estimate of drug-likeness (QED) is 0.646. The molecule has 0 saturated heterocycles. The lowest BCUT2D eigenvalue weighted by Crippen LogP contribution is -2.40. The zero-order valence-corrected chi connectivity index (χ0v) is 15.9. The van der Waals surface area contributed by atoms with Crippen LogP contribution in [0, 0.1) is 0 Å². The van der Waals surface area contributed by atoms with Crippen LogP contribution in [0.25, 0.3) is 22.4 Å². The minimum atomic E-state index is -0.285. The number of carbonyl (C=O) groups is 1. The monoisotopic (exact) mass is 370 g/mol. The molecule has 3 aromatic rings. The summed E-state index contributed by atoms with van der Waals surface area (Å²) in [4.78, 5) is 16.8. The van der Waals surface area contributed by atoms with Gasteiger partial charge in [-0.25, -0.2) is 4.98 Å². The first-order valence-electron chi connectivity index (χ1n) is 7.97. The zero-order valence-electron chi connectivity index (χ0n) is 14.3. The number of carbonyl (C=O) groups excluding carboxylic acids is 1. The number of benzene rings is 2. The van der Waals surface area contributed by atoms with Crippen LogP contribution >= 0.6 is 22.9 Å². The Balaban J connectivity index is 1.90. The highest BCUT2D eigenvalue weighted by molar-refractivity contribution is 7.12. The summed E-state index contributed by atoms with van der Waals surface area (Å²) in [5.41, 5.74) is 3.47. The maximum Gasteiger partial charge on any atom is 0.280 e. The fraction of sp³-hybridized carbons (Fsp3) is 0.200. The first-order chi connectivity index (χ1) is 11.8. The third-order valence-corrected chi connectivity index (χ3v) is 4.70. The number of nitrogens with zero attached hydrogens (tertiary/aromatic N) is 1. The summed E-state index contributed by atoms with van der Waals surface area (Å²) in [5.74, 6) is -0.147. The number of halogens is 1. The van der Waals surface area contributed by atoms with Gasteiger partial charge in [0, 0.05) is 27.1 Å². The van der Waals surface area contributed by atoms with Gasteiger partial charge in [-0.1, -0.05) is 48.0 Å². The van der Waals surface area contributed by atoms with Gasteiger partial charge in [0.05, 0.1) is 5.69 Å². The number of amides is 1. The molecular weight excluding hydrogens is 352 g/mol. The third-order valence-electron chi connectivity index (χ3n) is 3.53. The average Bonchev–Trinajstić information content (AvgIpc) is 3.04. The molecule has 0 aliphatic rings. The van der Waals surface area contributed by atoms with E-state index in [9.17, 15) is 4.79 Å². The Hall–Kier alpha value is -2.17. The van der Waals surface area contributed by atoms with Crippen LogP contribution in [0.4, 0.5) is 0 Å². The molecule has 2 aromatic carbocycles. The highest BCUT2D eigenvalue weighted by atomic mass is 35.5. The van der Waals surface area contributed by atoms with Gasteiger partial charge in [0.2, 0.25) is 0 Å². The summed E-state index contributed by atoms with van der Waals surface area (Å²) >= 11 is 7.65. The Morgan fingerprint density at radius 2 is 1.80 bits per heavy atom. The number of aromatic nitrogens is 1. The maximum atomic E-state index is 12.3.